The number of anilines is 1. The van der Waals surface area contributed by atoms with Crippen LogP contribution in [0.25, 0.3) is 10.8 Å². The normalized spacial score (nSPS) is 19.0. The third kappa shape index (κ3) is 17.2. The van der Waals surface area contributed by atoms with Gasteiger partial charge in [-0.2, -0.15) is 4.72 Å². The number of amides is 4. The summed E-state index contributed by atoms with van der Waals surface area (Å²) in [6.45, 7) is 0.846. The van der Waals surface area contributed by atoms with E-state index in [1.54, 1.807) is 47.4 Å². The van der Waals surface area contributed by atoms with Crippen LogP contribution < -0.4 is 26.4 Å². The Hall–Kier alpha value is -5.58. The Kier molecular flexibility index (Phi) is 21.7. The Bertz CT molecular complexity index is 2770. The quantitative estimate of drug-likeness (QED) is 0.0163. The summed E-state index contributed by atoms with van der Waals surface area (Å²) in [5, 5.41) is 17.5. The second-order valence-electron chi connectivity index (χ2n) is 17.3. The molecule has 0 radical (unpaired) electrons. The smallest absolute Gasteiger partial charge is 0.251 e. The fourth-order valence-electron chi connectivity index (χ4n) is 8.29. The number of rotatable bonds is 27. The molecule has 4 amide bonds. The van der Waals surface area contributed by atoms with Crippen LogP contribution in [0.15, 0.2) is 95.9 Å². The van der Waals surface area contributed by atoms with Gasteiger partial charge in [-0.1, -0.05) is 54.6 Å². The van der Waals surface area contributed by atoms with Gasteiger partial charge < -0.3 is 54.8 Å². The van der Waals surface area contributed by atoms with Crippen molar-refractivity contribution >= 4 is 78.1 Å². The van der Waals surface area contributed by atoms with Gasteiger partial charge in [-0.25, -0.2) is 16.8 Å². The van der Waals surface area contributed by atoms with E-state index in [1.165, 1.54) is 50.6 Å². The summed E-state index contributed by atoms with van der Waals surface area (Å²) in [4.78, 5) is 56.0. The van der Waals surface area contributed by atoms with Crippen LogP contribution in [-0.2, 0) is 69.1 Å². The maximum absolute atomic E-state index is 14.3. The number of thioether (sulfide) groups is 1. The summed E-state index contributed by atoms with van der Waals surface area (Å²) in [6.07, 6.45) is -0.323. The van der Waals surface area contributed by atoms with E-state index in [2.05, 4.69) is 24.9 Å². The van der Waals surface area contributed by atoms with Crippen molar-refractivity contribution in [3.8, 4) is 0 Å². The van der Waals surface area contributed by atoms with Gasteiger partial charge in [-0.15, -0.1) is 11.8 Å². The van der Waals surface area contributed by atoms with Gasteiger partial charge in [0, 0.05) is 62.8 Å². The molecule has 2 aliphatic heterocycles. The SMILES string of the molecule is COC1COC(COS(=O)(=O)[O-])[C@@H](OCCOCCNC(=O)c2ccc(NC(=O)CSC[C@H](NS(=O)(=O)c3ccc4ccccc4c3)C(=O)NC(Cc3ccc(C(=N)N)cc3)C(=O)N3CCCCC3)cc2)[C@H]1OC. The number of fused-ring (bicyclic) bond motifs is 1. The Labute approximate surface area is 434 Å². The summed E-state index contributed by atoms with van der Waals surface area (Å²) >= 11 is 1.00. The van der Waals surface area contributed by atoms with Crippen molar-refractivity contribution < 1.29 is 68.4 Å². The first kappa shape index (κ1) is 57.7. The lowest BCUT2D eigenvalue weighted by Crippen LogP contribution is -2.57. The molecule has 7 N–H and O–H groups in total. The lowest BCUT2D eigenvalue weighted by molar-refractivity contribution is -0.225. The number of ether oxygens (including phenoxy) is 5. The van der Waals surface area contributed by atoms with Crippen molar-refractivity contribution in [1.29, 1.82) is 5.41 Å². The number of amidine groups is 1. The van der Waals surface area contributed by atoms with Gasteiger partial charge in [0.2, 0.25) is 38.1 Å². The van der Waals surface area contributed by atoms with Crippen molar-refractivity contribution in [2.75, 3.05) is 83.7 Å². The summed E-state index contributed by atoms with van der Waals surface area (Å²) in [5.74, 6) is -2.46. The number of nitrogens with two attached hydrogens (primary N) is 1. The highest BCUT2D eigenvalue weighted by Crippen LogP contribution is 2.24. The van der Waals surface area contributed by atoms with Crippen LogP contribution in [0.4, 0.5) is 5.69 Å². The number of nitrogens with zero attached hydrogens (tertiary/aromatic N) is 1. The summed E-state index contributed by atoms with van der Waals surface area (Å²) in [6, 6.07) is 22.2. The van der Waals surface area contributed by atoms with E-state index in [-0.39, 0.29) is 67.5 Å². The van der Waals surface area contributed by atoms with Gasteiger partial charge in [0.15, 0.2) is 0 Å². The van der Waals surface area contributed by atoms with Crippen LogP contribution in [0.3, 0.4) is 0 Å². The lowest BCUT2D eigenvalue weighted by atomic mass is 10.00. The fraction of sp³-hybridized carbons (Fsp3) is 0.449. The molecule has 2 fully saturated rings. The van der Waals surface area contributed by atoms with E-state index < -0.39 is 81.3 Å². The van der Waals surface area contributed by atoms with Gasteiger partial charge in [-0.3, -0.25) is 28.8 Å². The number of nitrogens with one attached hydrogen (secondary N) is 5. The average Bonchev–Trinajstić information content (AvgIpc) is 3.39. The Balaban J connectivity index is 1.01. The second kappa shape index (κ2) is 27.8. The number of nitrogen functional groups attached to an aromatic ring is 1. The van der Waals surface area contributed by atoms with Crippen LogP contribution in [0, 0.1) is 5.41 Å². The van der Waals surface area contributed by atoms with Crippen LogP contribution in [0.2, 0.25) is 0 Å². The van der Waals surface area contributed by atoms with E-state index in [9.17, 15) is 40.6 Å². The largest absolute Gasteiger partial charge is 0.726 e. The van der Waals surface area contributed by atoms with E-state index in [0.717, 1.165) is 36.4 Å². The van der Waals surface area contributed by atoms with Gasteiger partial charge in [0.25, 0.3) is 5.91 Å². The monoisotopic (exact) mass is 1080 g/mol. The third-order valence-electron chi connectivity index (χ3n) is 12.1. The number of sulfonamides is 1. The molecule has 2 saturated heterocycles. The molecule has 2 heterocycles. The molecule has 0 saturated carbocycles. The van der Waals surface area contributed by atoms with Crippen molar-refractivity contribution in [1.82, 2.24) is 20.3 Å². The predicted octanol–water partition coefficient (Wildman–Crippen LogP) is 1.92. The number of methoxy groups -OCH3 is 2. The van der Waals surface area contributed by atoms with Gasteiger partial charge in [0.1, 0.15) is 42.3 Å². The molecule has 402 valence electrons. The van der Waals surface area contributed by atoms with Crippen LogP contribution in [-0.4, -0.2) is 171 Å². The summed E-state index contributed by atoms with van der Waals surface area (Å²) in [5.41, 5.74) is 7.49. The number of hydrogen-bond acceptors (Lipinski definition) is 17. The predicted molar refractivity (Wildman–Crippen MR) is 274 cm³/mol. The zero-order chi connectivity index (χ0) is 53.3. The molecule has 6 atom stereocenters. The third-order valence-corrected chi connectivity index (χ3v) is 15.1. The highest BCUT2D eigenvalue weighted by Gasteiger charge is 2.42. The lowest BCUT2D eigenvalue weighted by Gasteiger charge is -2.41. The first-order chi connectivity index (χ1) is 35.4. The molecule has 22 nitrogen and oxygen atoms in total. The maximum atomic E-state index is 14.3. The van der Waals surface area contributed by atoms with E-state index in [1.807, 2.05) is 12.1 Å². The van der Waals surface area contributed by atoms with Gasteiger partial charge in [0.05, 0.1) is 43.7 Å². The Morgan fingerprint density at radius 1 is 0.851 bits per heavy atom. The molecule has 4 aromatic rings. The van der Waals surface area contributed by atoms with E-state index in [4.69, 9.17) is 34.8 Å². The van der Waals surface area contributed by atoms with Crippen LogP contribution >= 0.6 is 11.8 Å². The van der Waals surface area contributed by atoms with E-state index in [0.29, 0.717) is 40.9 Å². The minimum absolute atomic E-state index is 0.0219. The molecular weight excluding hydrogens is 1020 g/mol. The van der Waals surface area contributed by atoms with Crippen molar-refractivity contribution in [3.05, 3.63) is 108 Å². The fourth-order valence-corrected chi connectivity index (χ4v) is 10.8. The van der Waals surface area contributed by atoms with E-state index >= 15 is 0 Å². The highest BCUT2D eigenvalue weighted by atomic mass is 32.3. The van der Waals surface area contributed by atoms with Crippen molar-refractivity contribution in [3.63, 3.8) is 0 Å². The number of likely N-dealkylation sites (tertiary alicyclic amines) is 1. The zero-order valence-corrected chi connectivity index (χ0v) is 43.3. The molecule has 0 aromatic heterocycles. The first-order valence-corrected chi connectivity index (χ1v) is 27.7. The summed E-state index contributed by atoms with van der Waals surface area (Å²) in [7, 11) is -6.40. The molecule has 0 aliphatic carbocycles. The number of benzene rings is 4. The molecule has 0 spiro atoms. The molecule has 2 aliphatic rings. The van der Waals surface area contributed by atoms with Crippen LogP contribution in [0.1, 0.15) is 40.7 Å². The average molecular weight is 1090 g/mol. The number of piperidine rings is 1. The molecule has 74 heavy (non-hydrogen) atoms. The number of carbonyl (C=O) groups excluding carboxylic acids is 4. The Morgan fingerprint density at radius 3 is 2.23 bits per heavy atom. The van der Waals surface area contributed by atoms with Gasteiger partial charge in [-0.05, 0) is 72.0 Å². The molecule has 3 unspecified atom stereocenters. The molecule has 6 rings (SSSR count). The minimum Gasteiger partial charge on any atom is -0.726 e. The molecule has 0 bridgehead atoms. The first-order valence-electron chi connectivity index (χ1n) is 23.7. The maximum Gasteiger partial charge on any atom is 0.251 e. The standard InChI is InChI=1S/C49H63N7O15S3/c1-66-41-28-70-42(29-71-74(63,64)65)45(44(41)67-2)69-25-24-68-23-20-52-47(58)35-14-17-37(18-15-35)53-43(57)31-72-30-40(55-73(61,62)38-19-16-33-8-4-5-9-36(33)27-38)48(59)54-39(49(60)56-21-6-3-7-22-56)26-32-10-12-34(13-11-32)46(50)51/h4-5,8-19,27,39-42,44-45,55H,3,6-7,20-26,28-31H2,1-2H3,(H3,50,51)(H,52,58)(H,53,57)(H,54,59)(H,63,64,65)/p-1/t39?,40-,41?,42?,44-,45+/m0/s1. The van der Waals surface area contributed by atoms with Crippen molar-refractivity contribution in [2.45, 2.75) is 67.1 Å². The number of carbonyl (C=O) groups is 4. The Morgan fingerprint density at radius 2 is 1.55 bits per heavy atom. The highest BCUT2D eigenvalue weighted by molar-refractivity contribution is 8.00. The van der Waals surface area contributed by atoms with Crippen molar-refractivity contribution in [2.24, 2.45) is 5.73 Å². The zero-order valence-electron chi connectivity index (χ0n) is 40.9. The second-order valence-corrected chi connectivity index (χ2v) is 21.1. The van der Waals surface area contributed by atoms with Gasteiger partial charge >= 0.3 is 0 Å². The molecular formula is C49H62N7O15S3-. The molecule has 25 heteroatoms. The number of hydrogen-bond donors (Lipinski definition) is 6. The molecule has 4 aromatic carbocycles. The minimum atomic E-state index is -4.97. The topological polar surface area (TPSA) is 316 Å². The summed E-state index contributed by atoms with van der Waals surface area (Å²) < 4.78 is 95.8. The van der Waals surface area contributed by atoms with Crippen LogP contribution in [0.5, 0.6) is 0 Å².